The molecule has 0 aliphatic carbocycles. The van der Waals surface area contributed by atoms with Crippen molar-refractivity contribution >= 4 is 11.3 Å². The Labute approximate surface area is 129 Å². The lowest BCUT2D eigenvalue weighted by atomic mass is 10.1. The van der Waals surface area contributed by atoms with Gasteiger partial charge in [-0.2, -0.15) is 5.26 Å². The predicted octanol–water partition coefficient (Wildman–Crippen LogP) is 2.33. The molecule has 108 valence electrons. The van der Waals surface area contributed by atoms with E-state index < -0.39 is 0 Å². The average molecular weight is 298 g/mol. The molecule has 1 saturated heterocycles. The Kier molecular flexibility index (Phi) is 4.61. The van der Waals surface area contributed by atoms with Gasteiger partial charge in [0.2, 0.25) is 0 Å². The largest absolute Gasteiger partial charge is 0.297 e. The Balaban J connectivity index is 1.48. The fourth-order valence-corrected chi connectivity index (χ4v) is 3.14. The Bertz CT molecular complexity index is 592. The van der Waals surface area contributed by atoms with Gasteiger partial charge in [-0.05, 0) is 17.7 Å². The van der Waals surface area contributed by atoms with Gasteiger partial charge in [0.1, 0.15) is 0 Å². The first kappa shape index (κ1) is 14.2. The van der Waals surface area contributed by atoms with Gasteiger partial charge in [0.05, 0.1) is 22.8 Å². The molecule has 3 rings (SSSR count). The molecule has 4 nitrogen and oxygen atoms in total. The Morgan fingerprint density at radius 1 is 1.05 bits per heavy atom. The third kappa shape index (κ3) is 3.88. The quantitative estimate of drug-likeness (QED) is 0.869. The zero-order chi connectivity index (χ0) is 14.5. The van der Waals surface area contributed by atoms with Gasteiger partial charge in [-0.15, -0.1) is 11.3 Å². The van der Waals surface area contributed by atoms with Gasteiger partial charge >= 0.3 is 0 Å². The standard InChI is InChI=1S/C16H18N4S/c17-9-14-1-3-15(4-2-14)10-19-5-7-20(8-6-19)11-16-12-21-13-18-16/h1-4,12-13H,5-8,10-11H2. The van der Waals surface area contributed by atoms with Gasteiger partial charge in [-0.25, -0.2) is 4.98 Å². The summed E-state index contributed by atoms with van der Waals surface area (Å²) in [5.74, 6) is 0. The zero-order valence-corrected chi connectivity index (χ0v) is 12.7. The van der Waals surface area contributed by atoms with Crippen molar-refractivity contribution in [3.05, 3.63) is 52.0 Å². The second-order valence-electron chi connectivity index (χ2n) is 5.34. The van der Waals surface area contributed by atoms with E-state index in [1.165, 1.54) is 11.3 Å². The molecule has 2 aromatic rings. The fourth-order valence-electron chi connectivity index (χ4n) is 2.59. The maximum Gasteiger partial charge on any atom is 0.0991 e. The maximum atomic E-state index is 8.81. The zero-order valence-electron chi connectivity index (χ0n) is 11.9. The van der Waals surface area contributed by atoms with Crippen LogP contribution in [0.1, 0.15) is 16.8 Å². The van der Waals surface area contributed by atoms with Gasteiger partial charge in [0.15, 0.2) is 0 Å². The predicted molar refractivity (Wildman–Crippen MR) is 83.8 cm³/mol. The fraction of sp³-hybridized carbons (Fsp3) is 0.375. The molecule has 1 aromatic heterocycles. The number of hydrogen-bond donors (Lipinski definition) is 0. The first-order valence-electron chi connectivity index (χ1n) is 7.14. The number of hydrogen-bond acceptors (Lipinski definition) is 5. The highest BCUT2D eigenvalue weighted by Gasteiger charge is 2.17. The molecular formula is C16H18N4S. The minimum absolute atomic E-state index is 0.729. The van der Waals surface area contributed by atoms with Crippen LogP contribution in [0.5, 0.6) is 0 Å². The molecule has 0 N–H and O–H groups in total. The van der Waals surface area contributed by atoms with E-state index in [9.17, 15) is 0 Å². The number of benzene rings is 1. The third-order valence-corrected chi connectivity index (χ3v) is 4.46. The summed E-state index contributed by atoms with van der Waals surface area (Å²) in [5, 5.41) is 10.9. The van der Waals surface area contributed by atoms with E-state index in [0.29, 0.717) is 0 Å². The summed E-state index contributed by atoms with van der Waals surface area (Å²) < 4.78 is 0. The van der Waals surface area contributed by atoms with Crippen LogP contribution in [-0.4, -0.2) is 41.0 Å². The molecule has 0 unspecified atom stereocenters. The van der Waals surface area contributed by atoms with E-state index in [0.717, 1.165) is 44.8 Å². The number of nitrogens with zero attached hydrogens (tertiary/aromatic N) is 4. The first-order valence-corrected chi connectivity index (χ1v) is 8.08. The number of thiazole rings is 1. The molecule has 1 aliphatic rings. The minimum Gasteiger partial charge on any atom is -0.297 e. The van der Waals surface area contributed by atoms with Crippen LogP contribution in [0.4, 0.5) is 0 Å². The van der Waals surface area contributed by atoms with E-state index in [2.05, 4.69) is 38.4 Å². The lowest BCUT2D eigenvalue weighted by Crippen LogP contribution is -2.45. The van der Waals surface area contributed by atoms with Crippen molar-refractivity contribution < 1.29 is 0 Å². The number of aromatic nitrogens is 1. The topological polar surface area (TPSA) is 43.2 Å². The highest BCUT2D eigenvalue weighted by Crippen LogP contribution is 2.12. The highest BCUT2D eigenvalue weighted by molar-refractivity contribution is 7.07. The molecule has 0 bridgehead atoms. The van der Waals surface area contributed by atoms with Gasteiger partial charge in [-0.1, -0.05) is 12.1 Å². The van der Waals surface area contributed by atoms with Crippen LogP contribution < -0.4 is 0 Å². The second kappa shape index (κ2) is 6.81. The van der Waals surface area contributed by atoms with Crippen LogP contribution in [0, 0.1) is 11.3 Å². The maximum absolute atomic E-state index is 8.81. The van der Waals surface area contributed by atoms with Crippen molar-refractivity contribution in [1.29, 1.82) is 5.26 Å². The van der Waals surface area contributed by atoms with Gasteiger partial charge < -0.3 is 0 Å². The van der Waals surface area contributed by atoms with Crippen molar-refractivity contribution in [2.75, 3.05) is 26.2 Å². The SMILES string of the molecule is N#Cc1ccc(CN2CCN(Cc3cscn3)CC2)cc1. The summed E-state index contributed by atoms with van der Waals surface area (Å²) in [7, 11) is 0. The molecule has 0 radical (unpaired) electrons. The molecular weight excluding hydrogens is 280 g/mol. The lowest BCUT2D eigenvalue weighted by molar-refractivity contribution is 0.121. The number of piperazine rings is 1. The van der Waals surface area contributed by atoms with E-state index in [1.54, 1.807) is 11.3 Å². The minimum atomic E-state index is 0.729. The van der Waals surface area contributed by atoms with Crippen molar-refractivity contribution in [2.45, 2.75) is 13.1 Å². The van der Waals surface area contributed by atoms with E-state index in [-0.39, 0.29) is 0 Å². The normalized spacial score (nSPS) is 16.7. The monoisotopic (exact) mass is 298 g/mol. The summed E-state index contributed by atoms with van der Waals surface area (Å²) in [6.45, 7) is 6.29. The van der Waals surface area contributed by atoms with Gasteiger partial charge in [0.25, 0.3) is 0 Å². The first-order chi connectivity index (χ1) is 10.3. The van der Waals surface area contributed by atoms with E-state index in [4.69, 9.17) is 5.26 Å². The molecule has 1 aliphatic heterocycles. The van der Waals surface area contributed by atoms with Crippen LogP contribution in [0.2, 0.25) is 0 Å². The average Bonchev–Trinajstić information content (AvgIpc) is 3.03. The molecule has 1 aromatic carbocycles. The summed E-state index contributed by atoms with van der Waals surface area (Å²) in [4.78, 5) is 9.28. The highest BCUT2D eigenvalue weighted by atomic mass is 32.1. The molecule has 0 saturated carbocycles. The molecule has 21 heavy (non-hydrogen) atoms. The third-order valence-electron chi connectivity index (χ3n) is 3.82. The smallest absolute Gasteiger partial charge is 0.0991 e. The van der Waals surface area contributed by atoms with Gasteiger partial charge in [-0.3, -0.25) is 9.80 Å². The number of nitriles is 1. The second-order valence-corrected chi connectivity index (χ2v) is 6.06. The van der Waals surface area contributed by atoms with Crippen molar-refractivity contribution in [3.63, 3.8) is 0 Å². The van der Waals surface area contributed by atoms with Crippen molar-refractivity contribution in [2.24, 2.45) is 0 Å². The van der Waals surface area contributed by atoms with Crippen LogP contribution in [0.25, 0.3) is 0 Å². The summed E-state index contributed by atoms with van der Waals surface area (Å²) in [6, 6.07) is 10.1. The Morgan fingerprint density at radius 3 is 2.29 bits per heavy atom. The Morgan fingerprint density at radius 2 is 1.71 bits per heavy atom. The van der Waals surface area contributed by atoms with Crippen LogP contribution >= 0.6 is 11.3 Å². The molecule has 1 fully saturated rings. The van der Waals surface area contributed by atoms with E-state index in [1.807, 2.05) is 17.6 Å². The van der Waals surface area contributed by atoms with Crippen LogP contribution in [0.3, 0.4) is 0 Å². The van der Waals surface area contributed by atoms with Crippen LogP contribution in [0.15, 0.2) is 35.2 Å². The van der Waals surface area contributed by atoms with E-state index >= 15 is 0 Å². The number of rotatable bonds is 4. The van der Waals surface area contributed by atoms with Crippen LogP contribution in [-0.2, 0) is 13.1 Å². The molecule has 0 amide bonds. The molecule has 2 heterocycles. The molecule has 5 heteroatoms. The summed E-state index contributed by atoms with van der Waals surface area (Å²) in [5.41, 5.74) is 5.09. The molecule has 0 atom stereocenters. The van der Waals surface area contributed by atoms with Gasteiger partial charge in [0, 0.05) is 44.6 Å². The summed E-state index contributed by atoms with van der Waals surface area (Å²) in [6.07, 6.45) is 0. The van der Waals surface area contributed by atoms with Crippen molar-refractivity contribution in [1.82, 2.24) is 14.8 Å². The van der Waals surface area contributed by atoms with Crippen molar-refractivity contribution in [3.8, 4) is 6.07 Å². The summed E-state index contributed by atoms with van der Waals surface area (Å²) >= 11 is 1.66. The lowest BCUT2D eigenvalue weighted by Gasteiger charge is -2.34. The molecule has 0 spiro atoms. The Hall–Kier alpha value is -1.74.